The minimum atomic E-state index is -4.15. The lowest BCUT2D eigenvalue weighted by Crippen LogP contribution is -2.53. The van der Waals surface area contributed by atoms with Gasteiger partial charge in [0.25, 0.3) is 0 Å². The SMILES string of the molecule is COC(=O)C1C(=O)c2ccccc2S(=O)(=O)N1Cc1cc(OC)c2c(c1)OCO2. The summed E-state index contributed by atoms with van der Waals surface area (Å²) in [4.78, 5) is 25.2. The Kier molecular flexibility index (Phi) is 4.67. The van der Waals surface area contributed by atoms with Crippen LogP contribution in [0.3, 0.4) is 0 Å². The van der Waals surface area contributed by atoms with E-state index in [2.05, 4.69) is 0 Å². The van der Waals surface area contributed by atoms with Crippen molar-refractivity contribution in [2.24, 2.45) is 0 Å². The third-order valence-electron chi connectivity index (χ3n) is 4.76. The number of ether oxygens (including phenoxy) is 4. The third-order valence-corrected chi connectivity index (χ3v) is 6.63. The van der Waals surface area contributed by atoms with Gasteiger partial charge in [0.05, 0.1) is 19.1 Å². The van der Waals surface area contributed by atoms with Crippen LogP contribution in [-0.4, -0.2) is 51.5 Å². The Morgan fingerprint density at radius 1 is 1.21 bits per heavy atom. The van der Waals surface area contributed by atoms with Crippen LogP contribution in [0, 0.1) is 0 Å². The first-order valence-corrected chi connectivity index (χ1v) is 10.0. The van der Waals surface area contributed by atoms with E-state index < -0.39 is 27.8 Å². The summed E-state index contributed by atoms with van der Waals surface area (Å²) >= 11 is 0. The van der Waals surface area contributed by atoms with Gasteiger partial charge in [0, 0.05) is 12.1 Å². The summed E-state index contributed by atoms with van der Waals surface area (Å²) < 4.78 is 48.0. The molecule has 1 unspecified atom stereocenters. The first-order chi connectivity index (χ1) is 13.9. The van der Waals surface area contributed by atoms with Crippen molar-refractivity contribution in [2.75, 3.05) is 21.0 Å². The molecule has 2 aliphatic rings. The number of rotatable bonds is 4. The number of nitrogens with zero attached hydrogens (tertiary/aromatic N) is 1. The third kappa shape index (κ3) is 3.00. The maximum Gasteiger partial charge on any atom is 0.332 e. The number of Topliss-reactive ketones (excluding diaryl/α,β-unsaturated/α-hetero) is 1. The van der Waals surface area contributed by atoms with Crippen LogP contribution in [-0.2, 0) is 26.1 Å². The van der Waals surface area contributed by atoms with E-state index >= 15 is 0 Å². The topological polar surface area (TPSA) is 108 Å². The Morgan fingerprint density at radius 3 is 2.69 bits per heavy atom. The van der Waals surface area contributed by atoms with Gasteiger partial charge in [-0.05, 0) is 29.8 Å². The molecule has 0 saturated carbocycles. The van der Waals surface area contributed by atoms with Crippen LogP contribution in [0.4, 0.5) is 0 Å². The highest BCUT2D eigenvalue weighted by Gasteiger charge is 2.48. The van der Waals surface area contributed by atoms with Crippen molar-refractivity contribution in [1.82, 2.24) is 4.31 Å². The maximum atomic E-state index is 13.3. The predicted octanol–water partition coefficient (Wildman–Crippen LogP) is 1.35. The van der Waals surface area contributed by atoms with Gasteiger partial charge < -0.3 is 18.9 Å². The second-order valence-corrected chi connectivity index (χ2v) is 8.23. The maximum absolute atomic E-state index is 13.3. The van der Waals surface area contributed by atoms with E-state index in [1.807, 2.05) is 0 Å². The highest BCUT2D eigenvalue weighted by Crippen LogP contribution is 2.42. The zero-order valence-electron chi connectivity index (χ0n) is 15.6. The molecule has 4 rings (SSSR count). The van der Waals surface area contributed by atoms with E-state index in [4.69, 9.17) is 18.9 Å². The molecule has 9 nitrogen and oxygen atoms in total. The molecule has 0 radical (unpaired) electrons. The fraction of sp³-hybridized carbons (Fsp3) is 0.263. The van der Waals surface area contributed by atoms with Crippen LogP contribution in [0.25, 0.3) is 0 Å². The Labute approximate surface area is 166 Å². The van der Waals surface area contributed by atoms with E-state index in [0.29, 0.717) is 22.8 Å². The lowest BCUT2D eigenvalue weighted by atomic mass is 10.0. The Morgan fingerprint density at radius 2 is 1.97 bits per heavy atom. The molecule has 152 valence electrons. The van der Waals surface area contributed by atoms with Gasteiger partial charge in [-0.3, -0.25) is 4.79 Å². The van der Waals surface area contributed by atoms with Crippen molar-refractivity contribution in [3.8, 4) is 17.2 Å². The van der Waals surface area contributed by atoms with Gasteiger partial charge in [-0.15, -0.1) is 0 Å². The molecule has 29 heavy (non-hydrogen) atoms. The second kappa shape index (κ2) is 7.05. The van der Waals surface area contributed by atoms with Crippen LogP contribution in [0.5, 0.6) is 17.2 Å². The average molecular weight is 419 g/mol. The summed E-state index contributed by atoms with van der Waals surface area (Å²) in [7, 11) is -1.61. The minimum Gasteiger partial charge on any atom is -0.493 e. The molecule has 2 aromatic carbocycles. The van der Waals surface area contributed by atoms with Gasteiger partial charge in [0.2, 0.25) is 22.6 Å². The van der Waals surface area contributed by atoms with E-state index in [1.165, 1.54) is 25.3 Å². The number of esters is 1. The molecule has 1 atom stereocenters. The lowest BCUT2D eigenvalue weighted by molar-refractivity contribution is -0.143. The molecule has 10 heteroatoms. The predicted molar refractivity (Wildman–Crippen MR) is 98.4 cm³/mol. The highest BCUT2D eigenvalue weighted by atomic mass is 32.2. The molecular formula is C19H17NO8S. The number of carbonyl (C=O) groups is 2. The number of hydrogen-bond acceptors (Lipinski definition) is 8. The lowest BCUT2D eigenvalue weighted by Gasteiger charge is -2.33. The molecule has 0 amide bonds. The Bertz CT molecular complexity index is 1110. The second-order valence-electron chi connectivity index (χ2n) is 6.37. The number of carbonyl (C=O) groups excluding carboxylic acids is 2. The van der Waals surface area contributed by atoms with Crippen molar-refractivity contribution in [2.45, 2.75) is 17.5 Å². The van der Waals surface area contributed by atoms with E-state index in [9.17, 15) is 18.0 Å². The summed E-state index contributed by atoms with van der Waals surface area (Å²) in [5.41, 5.74) is 0.415. The number of fused-ring (bicyclic) bond motifs is 2. The number of hydrogen-bond donors (Lipinski definition) is 0. The molecule has 2 aliphatic heterocycles. The minimum absolute atomic E-state index is 0.00774. The molecule has 0 aromatic heterocycles. The van der Waals surface area contributed by atoms with Crippen LogP contribution < -0.4 is 14.2 Å². The largest absolute Gasteiger partial charge is 0.493 e. The first kappa shape index (κ1) is 19.2. The van der Waals surface area contributed by atoms with Gasteiger partial charge in [-0.25, -0.2) is 13.2 Å². The number of benzene rings is 2. The van der Waals surface area contributed by atoms with Crippen LogP contribution in [0.2, 0.25) is 0 Å². The van der Waals surface area contributed by atoms with Gasteiger partial charge in [-0.1, -0.05) is 12.1 Å². The standard InChI is InChI=1S/C19H17NO8S/c1-25-13-7-11(8-14-18(13)28-10-27-14)9-20-16(19(22)26-2)17(21)12-5-3-4-6-15(12)29(20,23)24/h3-8,16H,9-10H2,1-2H3. The molecular weight excluding hydrogens is 402 g/mol. The van der Waals surface area contributed by atoms with E-state index in [0.717, 1.165) is 11.4 Å². The van der Waals surface area contributed by atoms with Gasteiger partial charge in [-0.2, -0.15) is 4.31 Å². The van der Waals surface area contributed by atoms with Crippen molar-refractivity contribution in [3.05, 3.63) is 47.5 Å². The molecule has 0 bridgehead atoms. The van der Waals surface area contributed by atoms with Crippen molar-refractivity contribution in [3.63, 3.8) is 0 Å². The Balaban J connectivity index is 1.83. The smallest absolute Gasteiger partial charge is 0.332 e. The summed E-state index contributed by atoms with van der Waals surface area (Å²) in [6.07, 6.45) is 0. The van der Waals surface area contributed by atoms with Gasteiger partial charge in [0.15, 0.2) is 23.3 Å². The van der Waals surface area contributed by atoms with Crippen LogP contribution in [0.15, 0.2) is 41.3 Å². The zero-order valence-corrected chi connectivity index (χ0v) is 16.4. The number of methoxy groups -OCH3 is 2. The molecule has 2 heterocycles. The molecule has 0 fully saturated rings. The molecule has 0 N–H and O–H groups in total. The molecule has 2 aromatic rings. The average Bonchev–Trinajstić information content (AvgIpc) is 3.20. The summed E-state index contributed by atoms with van der Waals surface area (Å²) in [6, 6.07) is 7.30. The summed E-state index contributed by atoms with van der Waals surface area (Å²) in [6.45, 7) is -0.261. The summed E-state index contributed by atoms with van der Waals surface area (Å²) in [5, 5.41) is 0. The van der Waals surface area contributed by atoms with Crippen LogP contribution >= 0.6 is 0 Å². The van der Waals surface area contributed by atoms with Crippen molar-refractivity contribution < 1.29 is 37.0 Å². The monoisotopic (exact) mass is 419 g/mol. The molecule has 0 aliphatic carbocycles. The van der Waals surface area contributed by atoms with Crippen LogP contribution in [0.1, 0.15) is 15.9 Å². The van der Waals surface area contributed by atoms with Crippen molar-refractivity contribution >= 4 is 21.8 Å². The fourth-order valence-electron chi connectivity index (χ4n) is 3.41. The molecule has 0 saturated heterocycles. The van der Waals surface area contributed by atoms with Gasteiger partial charge in [0.1, 0.15) is 0 Å². The number of sulfonamides is 1. The van der Waals surface area contributed by atoms with E-state index in [1.54, 1.807) is 18.2 Å². The number of ketones is 1. The normalized spacial score (nSPS) is 19.5. The Hall–Kier alpha value is -3.11. The summed E-state index contributed by atoms with van der Waals surface area (Å²) in [5.74, 6) is -0.458. The molecule has 0 spiro atoms. The van der Waals surface area contributed by atoms with E-state index in [-0.39, 0.29) is 23.8 Å². The highest BCUT2D eigenvalue weighted by molar-refractivity contribution is 7.89. The quantitative estimate of drug-likeness (QED) is 0.540. The van der Waals surface area contributed by atoms with Gasteiger partial charge >= 0.3 is 5.97 Å². The first-order valence-electron chi connectivity index (χ1n) is 8.58. The van der Waals surface area contributed by atoms with Crippen molar-refractivity contribution in [1.29, 1.82) is 0 Å². The fourth-order valence-corrected chi connectivity index (χ4v) is 5.13. The zero-order chi connectivity index (χ0) is 20.8.